The first-order valence-electron chi connectivity index (χ1n) is 7.86. The lowest BCUT2D eigenvalue weighted by atomic mass is 9.92. The lowest BCUT2D eigenvalue weighted by Gasteiger charge is -2.31. The zero-order valence-corrected chi connectivity index (χ0v) is 12.5. The lowest BCUT2D eigenvalue weighted by Crippen LogP contribution is -2.37. The first-order valence-corrected chi connectivity index (χ1v) is 7.86. The van der Waals surface area contributed by atoms with Gasteiger partial charge in [0.2, 0.25) is 5.91 Å². The van der Waals surface area contributed by atoms with Crippen LogP contribution in [0.5, 0.6) is 0 Å². The van der Waals surface area contributed by atoms with E-state index in [0.29, 0.717) is 25.9 Å². The molecule has 6 heteroatoms. The number of nitrogens with one attached hydrogen (secondary N) is 1. The Morgan fingerprint density at radius 2 is 2.05 bits per heavy atom. The molecule has 2 N–H and O–H groups in total. The quantitative estimate of drug-likeness (QED) is 0.881. The first kappa shape index (κ1) is 14.8. The van der Waals surface area contributed by atoms with E-state index in [-0.39, 0.29) is 17.7 Å². The first-order chi connectivity index (χ1) is 10.6. The predicted molar refractivity (Wildman–Crippen MR) is 81.8 cm³/mol. The summed E-state index contributed by atoms with van der Waals surface area (Å²) in [5.74, 6) is -0.0762. The Kier molecular flexibility index (Phi) is 4.27. The Bertz CT molecular complexity index is 550. The van der Waals surface area contributed by atoms with Gasteiger partial charge in [-0.3, -0.25) is 9.59 Å². The minimum Gasteiger partial charge on any atom is -0.481 e. The normalized spacial score (nSPS) is 23.2. The third-order valence-electron chi connectivity index (χ3n) is 4.63. The van der Waals surface area contributed by atoms with Crippen molar-refractivity contribution in [2.24, 2.45) is 5.92 Å². The Labute approximate surface area is 129 Å². The van der Waals surface area contributed by atoms with Crippen molar-refractivity contribution in [1.82, 2.24) is 10.3 Å². The molecule has 3 rings (SSSR count). The van der Waals surface area contributed by atoms with Crippen LogP contribution in [0.4, 0.5) is 5.82 Å². The molecule has 0 saturated carbocycles. The molecule has 2 aliphatic rings. The zero-order valence-electron chi connectivity index (χ0n) is 12.5. The number of amides is 1. The van der Waals surface area contributed by atoms with Crippen LogP contribution >= 0.6 is 0 Å². The molecule has 6 nitrogen and oxygen atoms in total. The third-order valence-corrected chi connectivity index (χ3v) is 4.63. The summed E-state index contributed by atoms with van der Waals surface area (Å²) in [6, 6.07) is 3.92. The fourth-order valence-corrected chi connectivity index (χ4v) is 3.24. The highest BCUT2D eigenvalue weighted by molar-refractivity contribution is 5.84. The highest BCUT2D eigenvalue weighted by Gasteiger charge is 2.26. The smallest absolute Gasteiger partial charge is 0.306 e. The van der Waals surface area contributed by atoms with Gasteiger partial charge in [0.15, 0.2) is 0 Å². The van der Waals surface area contributed by atoms with Gasteiger partial charge in [0.05, 0.1) is 11.8 Å². The largest absolute Gasteiger partial charge is 0.481 e. The molecule has 118 valence electrons. The van der Waals surface area contributed by atoms with Crippen LogP contribution in [0.3, 0.4) is 0 Å². The van der Waals surface area contributed by atoms with E-state index in [2.05, 4.69) is 15.2 Å². The average Bonchev–Trinajstić information content (AvgIpc) is 2.56. The average molecular weight is 303 g/mol. The summed E-state index contributed by atoms with van der Waals surface area (Å²) in [5, 5.41) is 11.9. The molecule has 2 fully saturated rings. The van der Waals surface area contributed by atoms with E-state index >= 15 is 0 Å². The van der Waals surface area contributed by atoms with Gasteiger partial charge in [-0.15, -0.1) is 0 Å². The molecular formula is C16H21N3O3. The number of aromatic nitrogens is 1. The molecule has 1 amide bonds. The van der Waals surface area contributed by atoms with Crippen molar-refractivity contribution in [3.05, 3.63) is 23.9 Å². The van der Waals surface area contributed by atoms with Crippen LogP contribution < -0.4 is 10.2 Å². The highest BCUT2D eigenvalue weighted by atomic mass is 16.4. The number of piperidine rings is 2. The van der Waals surface area contributed by atoms with Gasteiger partial charge in [-0.25, -0.2) is 4.98 Å². The predicted octanol–water partition coefficient (Wildman–Crippen LogP) is 1.38. The maximum atomic E-state index is 11.9. The SMILES string of the molecule is O=C(O)C1CCN(c2ccc(C3CCCNC3=O)cn2)CC1. The Morgan fingerprint density at radius 1 is 1.27 bits per heavy atom. The number of carboxylic acid groups (broad SMARTS) is 1. The number of rotatable bonds is 3. The fraction of sp³-hybridized carbons (Fsp3) is 0.562. The van der Waals surface area contributed by atoms with Crippen molar-refractivity contribution in [3.8, 4) is 0 Å². The number of anilines is 1. The molecule has 0 radical (unpaired) electrons. The minimum absolute atomic E-state index is 0.0862. The van der Waals surface area contributed by atoms with E-state index in [1.807, 2.05) is 12.1 Å². The number of aliphatic carboxylic acids is 1. The number of pyridine rings is 1. The summed E-state index contributed by atoms with van der Waals surface area (Å²) >= 11 is 0. The minimum atomic E-state index is -0.703. The monoisotopic (exact) mass is 303 g/mol. The van der Waals surface area contributed by atoms with Gasteiger partial charge < -0.3 is 15.3 Å². The van der Waals surface area contributed by atoms with E-state index in [4.69, 9.17) is 5.11 Å². The van der Waals surface area contributed by atoms with Crippen molar-refractivity contribution in [2.75, 3.05) is 24.5 Å². The molecule has 0 aliphatic carbocycles. The molecule has 1 aromatic heterocycles. The van der Waals surface area contributed by atoms with Gasteiger partial charge in [0, 0.05) is 25.8 Å². The molecule has 2 saturated heterocycles. The van der Waals surface area contributed by atoms with Crippen LogP contribution in [0.25, 0.3) is 0 Å². The van der Waals surface area contributed by atoms with Crippen molar-refractivity contribution in [3.63, 3.8) is 0 Å². The van der Waals surface area contributed by atoms with E-state index in [1.165, 1.54) is 0 Å². The van der Waals surface area contributed by atoms with E-state index in [0.717, 1.165) is 30.8 Å². The Balaban J connectivity index is 1.64. The number of hydrogen-bond acceptors (Lipinski definition) is 4. The number of hydrogen-bond donors (Lipinski definition) is 2. The van der Waals surface area contributed by atoms with Gasteiger partial charge in [-0.2, -0.15) is 0 Å². The van der Waals surface area contributed by atoms with E-state index in [1.54, 1.807) is 6.20 Å². The summed E-state index contributed by atoms with van der Waals surface area (Å²) in [4.78, 5) is 29.4. The van der Waals surface area contributed by atoms with Crippen molar-refractivity contribution in [1.29, 1.82) is 0 Å². The van der Waals surface area contributed by atoms with Crippen LogP contribution in [-0.2, 0) is 9.59 Å². The molecular weight excluding hydrogens is 282 g/mol. The lowest BCUT2D eigenvalue weighted by molar-refractivity contribution is -0.142. The maximum absolute atomic E-state index is 11.9. The molecule has 1 aromatic rings. The summed E-state index contributed by atoms with van der Waals surface area (Å²) in [6.45, 7) is 2.19. The van der Waals surface area contributed by atoms with Crippen LogP contribution in [0.1, 0.15) is 37.2 Å². The third kappa shape index (κ3) is 3.05. The molecule has 3 heterocycles. The summed E-state index contributed by atoms with van der Waals surface area (Å²) in [6.07, 6.45) is 4.97. The molecule has 0 bridgehead atoms. The van der Waals surface area contributed by atoms with Crippen LogP contribution in [-0.4, -0.2) is 41.6 Å². The van der Waals surface area contributed by atoms with E-state index < -0.39 is 5.97 Å². The Morgan fingerprint density at radius 3 is 2.64 bits per heavy atom. The molecule has 22 heavy (non-hydrogen) atoms. The topological polar surface area (TPSA) is 82.5 Å². The number of carbonyl (C=O) groups is 2. The standard InChI is InChI=1S/C16H21N3O3/c20-15-13(2-1-7-17-15)12-3-4-14(18-10-12)19-8-5-11(6-9-19)16(21)22/h3-4,10-11,13H,1-2,5-9H2,(H,17,20)(H,21,22). The molecule has 2 aliphatic heterocycles. The van der Waals surface area contributed by atoms with E-state index in [9.17, 15) is 9.59 Å². The molecule has 1 atom stereocenters. The fourth-order valence-electron chi connectivity index (χ4n) is 3.24. The number of nitrogens with zero attached hydrogens (tertiary/aromatic N) is 2. The number of carbonyl (C=O) groups excluding carboxylic acids is 1. The van der Waals surface area contributed by atoms with Crippen LogP contribution in [0.15, 0.2) is 18.3 Å². The zero-order chi connectivity index (χ0) is 15.5. The summed E-state index contributed by atoms with van der Waals surface area (Å²) < 4.78 is 0. The van der Waals surface area contributed by atoms with Crippen molar-refractivity contribution < 1.29 is 14.7 Å². The molecule has 0 spiro atoms. The molecule has 1 unspecified atom stereocenters. The van der Waals surface area contributed by atoms with Crippen molar-refractivity contribution in [2.45, 2.75) is 31.6 Å². The highest BCUT2D eigenvalue weighted by Crippen LogP contribution is 2.26. The summed E-state index contributed by atoms with van der Waals surface area (Å²) in [7, 11) is 0. The second-order valence-electron chi connectivity index (χ2n) is 6.04. The van der Waals surface area contributed by atoms with Crippen LogP contribution in [0.2, 0.25) is 0 Å². The second-order valence-corrected chi connectivity index (χ2v) is 6.04. The number of carboxylic acids is 1. The molecule has 0 aromatic carbocycles. The van der Waals surface area contributed by atoms with Gasteiger partial charge in [-0.1, -0.05) is 6.07 Å². The van der Waals surface area contributed by atoms with Gasteiger partial charge >= 0.3 is 5.97 Å². The van der Waals surface area contributed by atoms with Gasteiger partial charge in [-0.05, 0) is 37.3 Å². The summed E-state index contributed by atoms with van der Waals surface area (Å²) in [5.41, 5.74) is 0.960. The van der Waals surface area contributed by atoms with Crippen molar-refractivity contribution >= 4 is 17.7 Å². The second kappa shape index (κ2) is 6.34. The Hall–Kier alpha value is -2.11. The van der Waals surface area contributed by atoms with Gasteiger partial charge in [0.1, 0.15) is 5.82 Å². The maximum Gasteiger partial charge on any atom is 0.306 e. The van der Waals surface area contributed by atoms with Gasteiger partial charge in [0.25, 0.3) is 0 Å². The van der Waals surface area contributed by atoms with Crippen LogP contribution in [0, 0.1) is 5.92 Å².